The highest BCUT2D eigenvalue weighted by Crippen LogP contribution is 2.17. The Balaban J connectivity index is 1.47. The minimum Gasteiger partial charge on any atom is -0.480 e. The predicted molar refractivity (Wildman–Crippen MR) is 138 cm³/mol. The number of piperazine rings is 1. The van der Waals surface area contributed by atoms with E-state index in [0.29, 0.717) is 12.1 Å². The van der Waals surface area contributed by atoms with Crippen molar-refractivity contribution in [1.82, 2.24) is 14.9 Å². The zero-order valence-electron chi connectivity index (χ0n) is 20.1. The van der Waals surface area contributed by atoms with Crippen LogP contribution in [0.25, 0.3) is 0 Å². The first-order chi connectivity index (χ1) is 17.5. The average molecular weight is 531 g/mol. The van der Waals surface area contributed by atoms with E-state index in [2.05, 4.69) is 10.0 Å². The second-order valence-electron chi connectivity index (χ2n) is 8.56. The third-order valence-electron chi connectivity index (χ3n) is 5.82. The largest absolute Gasteiger partial charge is 0.480 e. The van der Waals surface area contributed by atoms with Gasteiger partial charge in [0, 0.05) is 30.9 Å². The van der Waals surface area contributed by atoms with Gasteiger partial charge < -0.3 is 26.0 Å². The molecule has 198 valence electrons. The molecule has 0 radical (unpaired) electrons. The number of amidine groups is 1. The number of nitrogen functional groups attached to an aromatic ring is 1. The maximum Gasteiger partial charge on any atom is 0.323 e. The number of sulfonamides is 1. The van der Waals surface area contributed by atoms with Gasteiger partial charge in [-0.3, -0.25) is 19.8 Å². The highest BCUT2D eigenvalue weighted by molar-refractivity contribution is 7.89. The Bertz CT molecular complexity index is 1240. The number of aliphatic carboxylic acids is 1. The van der Waals surface area contributed by atoms with E-state index in [0.717, 1.165) is 11.3 Å². The van der Waals surface area contributed by atoms with Gasteiger partial charge in [-0.05, 0) is 36.2 Å². The minimum absolute atomic E-state index is 0.0473. The Morgan fingerprint density at radius 3 is 2.35 bits per heavy atom. The normalized spacial score (nSPS) is 14.8. The van der Waals surface area contributed by atoms with Gasteiger partial charge in [0.2, 0.25) is 21.8 Å². The molecule has 12 nitrogen and oxygen atoms in total. The summed E-state index contributed by atoms with van der Waals surface area (Å²) in [6.45, 7) is 0.0523. The van der Waals surface area contributed by atoms with E-state index in [1.54, 1.807) is 48.5 Å². The Morgan fingerprint density at radius 2 is 1.76 bits per heavy atom. The smallest absolute Gasteiger partial charge is 0.323 e. The quantitative estimate of drug-likeness (QED) is 0.177. The summed E-state index contributed by atoms with van der Waals surface area (Å²) in [7, 11) is -3.92. The second kappa shape index (κ2) is 12.3. The summed E-state index contributed by atoms with van der Waals surface area (Å²) in [5.41, 5.74) is 7.61. The van der Waals surface area contributed by atoms with Crippen molar-refractivity contribution >= 4 is 39.3 Å². The molecule has 1 saturated heterocycles. The molecular weight excluding hydrogens is 500 g/mol. The number of aryl methyl sites for hydroxylation is 1. The van der Waals surface area contributed by atoms with Gasteiger partial charge >= 0.3 is 5.97 Å². The van der Waals surface area contributed by atoms with Crippen molar-refractivity contribution in [2.24, 2.45) is 5.73 Å². The number of carboxylic acids is 1. The maximum absolute atomic E-state index is 12.6. The lowest BCUT2D eigenvalue weighted by atomic mass is 10.1. The summed E-state index contributed by atoms with van der Waals surface area (Å²) in [5, 5.41) is 19.3. The van der Waals surface area contributed by atoms with Crippen LogP contribution in [-0.2, 0) is 30.8 Å². The van der Waals surface area contributed by atoms with Crippen molar-refractivity contribution < 1.29 is 27.9 Å². The molecule has 37 heavy (non-hydrogen) atoms. The number of rotatable bonds is 12. The Labute approximate surface area is 215 Å². The van der Waals surface area contributed by atoms with Gasteiger partial charge in [-0.25, -0.2) is 8.42 Å². The number of carboxylic acid groups (broad SMARTS) is 1. The molecule has 2 amide bonds. The molecule has 1 heterocycles. The van der Waals surface area contributed by atoms with Crippen LogP contribution in [-0.4, -0.2) is 86.6 Å². The van der Waals surface area contributed by atoms with E-state index in [1.165, 1.54) is 4.90 Å². The number of carbonyl (C=O) groups is 3. The van der Waals surface area contributed by atoms with Gasteiger partial charge in [-0.15, -0.1) is 0 Å². The summed E-state index contributed by atoms with van der Waals surface area (Å²) in [5.74, 6) is -2.66. The van der Waals surface area contributed by atoms with Crippen LogP contribution >= 0.6 is 0 Å². The number of nitrogens with zero attached hydrogens (tertiary/aromatic N) is 2. The number of benzene rings is 2. The van der Waals surface area contributed by atoms with Gasteiger partial charge in [-0.2, -0.15) is 4.72 Å². The first kappa shape index (κ1) is 27.6. The van der Waals surface area contributed by atoms with E-state index >= 15 is 0 Å². The molecule has 0 aliphatic carbocycles. The van der Waals surface area contributed by atoms with E-state index in [-0.39, 0.29) is 43.6 Å². The standard InChI is InChI=1S/C24H30N6O6S/c25-23(26)18-6-8-19(9-7-18)29-11-12-30(22(32)16-29)15-21(31)27-14-20(24(33)34)28-37(35,36)13-10-17-4-2-1-3-5-17/h1-9,20,28H,10-16H2,(H3,25,26)(H,27,31)(H,33,34)/t20-/m0/s1. The van der Waals surface area contributed by atoms with Crippen LogP contribution in [0.2, 0.25) is 0 Å². The summed E-state index contributed by atoms with van der Waals surface area (Å²) in [6.07, 6.45) is 0.212. The van der Waals surface area contributed by atoms with Gasteiger partial charge in [0.05, 0.1) is 18.8 Å². The number of anilines is 1. The summed E-state index contributed by atoms with van der Waals surface area (Å²) in [4.78, 5) is 39.7. The molecule has 1 fully saturated rings. The number of hydrogen-bond donors (Lipinski definition) is 5. The summed E-state index contributed by atoms with van der Waals surface area (Å²) < 4.78 is 26.8. The number of amides is 2. The fraction of sp³-hybridized carbons (Fsp3) is 0.333. The lowest BCUT2D eigenvalue weighted by Gasteiger charge is -2.35. The van der Waals surface area contributed by atoms with E-state index < -0.39 is 34.5 Å². The molecule has 0 spiro atoms. The molecular formula is C24H30N6O6S. The van der Waals surface area contributed by atoms with Crippen LogP contribution in [0.5, 0.6) is 0 Å². The minimum atomic E-state index is -3.92. The van der Waals surface area contributed by atoms with Gasteiger partial charge in [-0.1, -0.05) is 30.3 Å². The first-order valence-corrected chi connectivity index (χ1v) is 13.2. The van der Waals surface area contributed by atoms with Crippen LogP contribution in [0, 0.1) is 5.41 Å². The SMILES string of the molecule is N=C(N)c1ccc(N2CCN(CC(=O)NC[C@H](NS(=O)(=O)CCc3ccccc3)C(=O)O)C(=O)C2)cc1. The Hall–Kier alpha value is -3.97. The molecule has 2 aromatic carbocycles. The summed E-state index contributed by atoms with van der Waals surface area (Å²) >= 11 is 0. The molecule has 0 saturated carbocycles. The van der Waals surface area contributed by atoms with Crippen molar-refractivity contribution in [2.45, 2.75) is 12.5 Å². The number of hydrogen-bond acceptors (Lipinski definition) is 7. The van der Waals surface area contributed by atoms with Gasteiger partial charge in [0.15, 0.2) is 0 Å². The second-order valence-corrected chi connectivity index (χ2v) is 10.4. The molecule has 0 bridgehead atoms. The Kier molecular flexibility index (Phi) is 9.20. The topological polar surface area (TPSA) is 186 Å². The van der Waals surface area contributed by atoms with E-state index in [9.17, 15) is 27.9 Å². The fourth-order valence-electron chi connectivity index (χ4n) is 3.74. The van der Waals surface area contributed by atoms with Crippen molar-refractivity contribution in [3.8, 4) is 0 Å². The third-order valence-corrected chi connectivity index (χ3v) is 7.21. The summed E-state index contributed by atoms with van der Waals surface area (Å²) in [6, 6.07) is 14.3. The molecule has 1 aliphatic rings. The van der Waals surface area contributed by atoms with Crippen molar-refractivity contribution in [2.75, 3.05) is 43.4 Å². The predicted octanol–water partition coefficient (Wildman–Crippen LogP) is -0.649. The zero-order valence-corrected chi connectivity index (χ0v) is 20.9. The van der Waals surface area contributed by atoms with Gasteiger partial charge in [0.1, 0.15) is 11.9 Å². The van der Waals surface area contributed by atoms with Crippen LogP contribution < -0.4 is 20.7 Å². The molecule has 1 atom stereocenters. The monoisotopic (exact) mass is 530 g/mol. The first-order valence-electron chi connectivity index (χ1n) is 11.5. The lowest BCUT2D eigenvalue weighted by molar-refractivity contribution is -0.139. The molecule has 13 heteroatoms. The number of nitrogens with two attached hydrogens (primary N) is 1. The van der Waals surface area contributed by atoms with E-state index in [1.807, 2.05) is 11.0 Å². The van der Waals surface area contributed by atoms with Crippen molar-refractivity contribution in [1.29, 1.82) is 5.41 Å². The van der Waals surface area contributed by atoms with E-state index in [4.69, 9.17) is 11.1 Å². The zero-order chi connectivity index (χ0) is 27.0. The van der Waals surface area contributed by atoms with Crippen LogP contribution in [0.4, 0.5) is 5.69 Å². The highest BCUT2D eigenvalue weighted by atomic mass is 32.2. The van der Waals surface area contributed by atoms with Crippen LogP contribution in [0.3, 0.4) is 0 Å². The molecule has 0 unspecified atom stereocenters. The number of carbonyl (C=O) groups excluding carboxylic acids is 2. The maximum atomic E-state index is 12.6. The molecule has 3 rings (SSSR count). The molecule has 6 N–H and O–H groups in total. The van der Waals surface area contributed by atoms with Crippen molar-refractivity contribution in [3.05, 3.63) is 65.7 Å². The average Bonchev–Trinajstić information content (AvgIpc) is 2.87. The fourth-order valence-corrected chi connectivity index (χ4v) is 4.98. The van der Waals surface area contributed by atoms with Crippen LogP contribution in [0.15, 0.2) is 54.6 Å². The lowest BCUT2D eigenvalue weighted by Crippen LogP contribution is -2.54. The Morgan fingerprint density at radius 1 is 1.08 bits per heavy atom. The third kappa shape index (κ3) is 8.29. The van der Waals surface area contributed by atoms with Gasteiger partial charge in [0.25, 0.3) is 0 Å². The molecule has 2 aromatic rings. The highest BCUT2D eigenvalue weighted by Gasteiger charge is 2.28. The molecule has 0 aromatic heterocycles. The van der Waals surface area contributed by atoms with Crippen LogP contribution in [0.1, 0.15) is 11.1 Å². The number of nitrogens with one attached hydrogen (secondary N) is 3. The molecule has 1 aliphatic heterocycles. The van der Waals surface area contributed by atoms with Crippen molar-refractivity contribution in [3.63, 3.8) is 0 Å².